The second kappa shape index (κ2) is 11.5. The number of para-hydroxylation sites is 3. The molecule has 0 aliphatic heterocycles. The van der Waals surface area contributed by atoms with Crippen LogP contribution in [-0.4, -0.2) is 24.1 Å². The number of hydrogen-bond donors (Lipinski definition) is 1. The van der Waals surface area contributed by atoms with Crippen molar-refractivity contribution in [2.75, 3.05) is 0 Å². The molecule has 12 aromatic rings. The van der Waals surface area contributed by atoms with Crippen molar-refractivity contribution in [3.05, 3.63) is 182 Å². The first-order valence-electron chi connectivity index (χ1n) is 18.7. The van der Waals surface area contributed by atoms with E-state index in [0.29, 0.717) is 5.82 Å². The minimum atomic E-state index is 0.694. The highest BCUT2D eigenvalue weighted by Crippen LogP contribution is 2.45. The average molecular weight is 702 g/mol. The maximum Gasteiger partial charge on any atom is 0.162 e. The highest BCUT2D eigenvalue weighted by molar-refractivity contribution is 6.34. The largest absolute Gasteiger partial charge is 0.354 e. The summed E-state index contributed by atoms with van der Waals surface area (Å²) in [5.74, 6) is 1.53. The topological polar surface area (TPSA) is 51.4 Å². The third kappa shape index (κ3) is 4.41. The van der Waals surface area contributed by atoms with Crippen LogP contribution >= 0.6 is 0 Å². The second-order valence-corrected chi connectivity index (χ2v) is 14.3. The van der Waals surface area contributed by atoms with Gasteiger partial charge in [-0.2, -0.15) is 0 Å². The summed E-state index contributed by atoms with van der Waals surface area (Å²) in [6.07, 6.45) is 0. The van der Waals surface area contributed by atoms with E-state index in [1.165, 1.54) is 54.1 Å². The Labute approximate surface area is 315 Å². The van der Waals surface area contributed by atoms with Crippen LogP contribution in [0.3, 0.4) is 0 Å². The monoisotopic (exact) mass is 701 g/mol. The van der Waals surface area contributed by atoms with E-state index in [0.717, 1.165) is 50.4 Å². The molecule has 4 aromatic heterocycles. The Hall–Kier alpha value is -7.50. The highest BCUT2D eigenvalue weighted by Gasteiger charge is 2.23. The summed E-state index contributed by atoms with van der Waals surface area (Å²) >= 11 is 0. The number of rotatable bonds is 4. The van der Waals surface area contributed by atoms with Gasteiger partial charge in [0.15, 0.2) is 5.82 Å². The number of aromatic nitrogens is 5. The molecule has 0 amide bonds. The number of hydrogen-bond acceptors (Lipinski definition) is 2. The molecule has 0 saturated carbocycles. The molecule has 12 rings (SSSR count). The van der Waals surface area contributed by atoms with E-state index in [1.807, 2.05) is 24.3 Å². The zero-order valence-electron chi connectivity index (χ0n) is 29.6. The Kier molecular flexibility index (Phi) is 6.27. The summed E-state index contributed by atoms with van der Waals surface area (Å²) in [5, 5.41) is 9.77. The molecule has 55 heavy (non-hydrogen) atoms. The lowest BCUT2D eigenvalue weighted by atomic mass is 9.98. The summed E-state index contributed by atoms with van der Waals surface area (Å²) in [4.78, 5) is 14.1. The van der Waals surface area contributed by atoms with Crippen LogP contribution in [0.2, 0.25) is 0 Å². The van der Waals surface area contributed by atoms with Gasteiger partial charge >= 0.3 is 0 Å². The number of aromatic amines is 1. The van der Waals surface area contributed by atoms with Gasteiger partial charge in [-0.3, -0.25) is 4.57 Å². The molecule has 0 radical (unpaired) electrons. The fourth-order valence-electron chi connectivity index (χ4n) is 8.85. The highest BCUT2D eigenvalue weighted by atomic mass is 15.1. The minimum absolute atomic E-state index is 0.694. The molecule has 0 atom stereocenters. The molecule has 0 unspecified atom stereocenters. The lowest BCUT2D eigenvalue weighted by Crippen LogP contribution is -2.02. The van der Waals surface area contributed by atoms with E-state index in [9.17, 15) is 0 Å². The molecule has 4 heterocycles. The summed E-state index contributed by atoms with van der Waals surface area (Å²) in [6, 6.07) is 64.8. The third-order valence-corrected chi connectivity index (χ3v) is 11.2. The van der Waals surface area contributed by atoms with Crippen molar-refractivity contribution in [3.8, 4) is 34.2 Å². The van der Waals surface area contributed by atoms with Gasteiger partial charge in [-0.05, 0) is 53.9 Å². The Morgan fingerprint density at radius 2 is 1.02 bits per heavy atom. The standard InChI is InChI=1S/C50H31N5/c1-4-14-31(15-5-1)40-30-46(53-50(52-40)33-16-6-2-7-17-33)55-42-23-13-11-21-36(42)48-44(55)27-25-32-24-26-43-49(47(32)48)38-28-37-35-20-10-12-22-39(35)51-41(37)29-45(38)54(43)34-18-8-3-9-19-34/h1-30,51H. The van der Waals surface area contributed by atoms with Crippen molar-refractivity contribution in [2.24, 2.45) is 0 Å². The molecular weight excluding hydrogens is 671 g/mol. The Morgan fingerprint density at radius 1 is 0.382 bits per heavy atom. The molecule has 256 valence electrons. The normalized spacial score (nSPS) is 12.0. The van der Waals surface area contributed by atoms with E-state index in [-0.39, 0.29) is 0 Å². The maximum atomic E-state index is 5.31. The summed E-state index contributed by atoms with van der Waals surface area (Å²) in [5.41, 5.74) is 10.9. The first kappa shape index (κ1) is 30.0. The van der Waals surface area contributed by atoms with Crippen molar-refractivity contribution in [3.63, 3.8) is 0 Å². The first-order chi connectivity index (χ1) is 27.3. The molecule has 0 aliphatic carbocycles. The summed E-state index contributed by atoms with van der Waals surface area (Å²) in [6.45, 7) is 0. The molecule has 0 fully saturated rings. The molecule has 0 saturated heterocycles. The van der Waals surface area contributed by atoms with Gasteiger partial charge in [-0.1, -0.05) is 127 Å². The van der Waals surface area contributed by atoms with Crippen LogP contribution < -0.4 is 0 Å². The van der Waals surface area contributed by atoms with E-state index < -0.39 is 0 Å². The number of nitrogens with zero attached hydrogens (tertiary/aromatic N) is 4. The van der Waals surface area contributed by atoms with E-state index in [1.54, 1.807) is 0 Å². The summed E-state index contributed by atoms with van der Waals surface area (Å²) in [7, 11) is 0. The second-order valence-electron chi connectivity index (χ2n) is 14.3. The number of nitrogens with one attached hydrogen (secondary N) is 1. The van der Waals surface area contributed by atoms with Gasteiger partial charge in [0.1, 0.15) is 5.82 Å². The van der Waals surface area contributed by atoms with Crippen LogP contribution in [-0.2, 0) is 0 Å². The Morgan fingerprint density at radius 3 is 1.80 bits per heavy atom. The molecule has 1 N–H and O–H groups in total. The molecule has 0 spiro atoms. The molecule has 0 aliphatic rings. The maximum absolute atomic E-state index is 5.31. The zero-order chi connectivity index (χ0) is 36.0. The average Bonchev–Trinajstić information content (AvgIpc) is 3.90. The van der Waals surface area contributed by atoms with E-state index in [4.69, 9.17) is 9.97 Å². The molecule has 0 bridgehead atoms. The fourth-order valence-corrected chi connectivity index (χ4v) is 8.85. The van der Waals surface area contributed by atoms with Crippen LogP contribution in [0.4, 0.5) is 0 Å². The van der Waals surface area contributed by atoms with Gasteiger partial charge in [0.05, 0.1) is 27.8 Å². The molecular formula is C50H31N5. The lowest BCUT2D eigenvalue weighted by Gasteiger charge is -2.12. The quantitative estimate of drug-likeness (QED) is 0.199. The van der Waals surface area contributed by atoms with Crippen molar-refractivity contribution in [1.82, 2.24) is 24.1 Å². The SMILES string of the molecule is c1ccc(-c2cc(-n3c4ccccc4c4c5c(ccc6c5c5cc7c(cc5n6-c5ccccc5)[nH]c5ccccc57)ccc43)nc(-c3ccccc3)n2)cc1. The van der Waals surface area contributed by atoms with Crippen molar-refractivity contribution >= 4 is 76.2 Å². The Balaban J connectivity index is 1.24. The zero-order valence-corrected chi connectivity index (χ0v) is 29.6. The smallest absolute Gasteiger partial charge is 0.162 e. The Bertz CT molecular complexity index is 3410. The van der Waals surface area contributed by atoms with Gasteiger partial charge in [-0.15, -0.1) is 0 Å². The lowest BCUT2D eigenvalue weighted by molar-refractivity contribution is 1.05. The van der Waals surface area contributed by atoms with Crippen LogP contribution in [0, 0.1) is 0 Å². The van der Waals surface area contributed by atoms with Crippen molar-refractivity contribution < 1.29 is 0 Å². The van der Waals surface area contributed by atoms with Crippen molar-refractivity contribution in [2.45, 2.75) is 0 Å². The van der Waals surface area contributed by atoms with Crippen molar-refractivity contribution in [1.29, 1.82) is 0 Å². The van der Waals surface area contributed by atoms with Gasteiger partial charge in [0.25, 0.3) is 0 Å². The third-order valence-electron chi connectivity index (χ3n) is 11.2. The van der Waals surface area contributed by atoms with Crippen LogP contribution in [0.1, 0.15) is 0 Å². The minimum Gasteiger partial charge on any atom is -0.354 e. The van der Waals surface area contributed by atoms with E-state index >= 15 is 0 Å². The van der Waals surface area contributed by atoms with Crippen LogP contribution in [0.25, 0.3) is 110 Å². The van der Waals surface area contributed by atoms with Gasteiger partial charge < -0.3 is 9.55 Å². The predicted octanol–water partition coefficient (Wildman–Crippen LogP) is 12.8. The van der Waals surface area contributed by atoms with Gasteiger partial charge in [-0.25, -0.2) is 9.97 Å². The number of fused-ring (bicyclic) bond motifs is 12. The first-order valence-corrected chi connectivity index (χ1v) is 18.7. The molecule has 8 aromatic carbocycles. The predicted molar refractivity (Wildman–Crippen MR) is 228 cm³/mol. The fraction of sp³-hybridized carbons (Fsp3) is 0. The van der Waals surface area contributed by atoms with E-state index in [2.05, 4.69) is 172 Å². The molecule has 5 nitrogen and oxygen atoms in total. The van der Waals surface area contributed by atoms with Crippen LogP contribution in [0.5, 0.6) is 0 Å². The van der Waals surface area contributed by atoms with Gasteiger partial charge in [0, 0.05) is 71.6 Å². The summed E-state index contributed by atoms with van der Waals surface area (Å²) < 4.78 is 4.76. The molecule has 5 heteroatoms. The van der Waals surface area contributed by atoms with Gasteiger partial charge in [0.2, 0.25) is 0 Å². The van der Waals surface area contributed by atoms with Crippen LogP contribution in [0.15, 0.2) is 182 Å². The number of H-pyrrole nitrogens is 1. The number of benzene rings is 8.